The van der Waals surface area contributed by atoms with E-state index in [1.165, 1.54) is 6.07 Å². The molecule has 1 heterocycles. The van der Waals surface area contributed by atoms with Crippen LogP contribution in [0.5, 0.6) is 0 Å². The summed E-state index contributed by atoms with van der Waals surface area (Å²) >= 11 is 0. The normalized spacial score (nSPS) is 11.9. The molecular weight excluding hydrogens is 221 g/mol. The Hall–Kier alpha value is -1.98. The van der Waals surface area contributed by atoms with Gasteiger partial charge >= 0.3 is 6.18 Å². The minimum Gasteiger partial charge on any atom is -0.339 e. The number of fused-ring (bicyclic) bond motifs is 1. The summed E-state index contributed by atoms with van der Waals surface area (Å²) in [5.41, 5.74) is -0.0410. The maximum absolute atomic E-state index is 12.3. The third-order valence-electron chi connectivity index (χ3n) is 2.24. The number of nitrogens with zero attached hydrogens (tertiary/aromatic N) is 1. The smallest absolute Gasteiger partial charge is 0.339 e. The number of carbonyl (C=O) groups is 1. The van der Waals surface area contributed by atoms with Crippen molar-refractivity contribution >= 4 is 16.7 Å². The van der Waals surface area contributed by atoms with Crippen LogP contribution in [0.15, 0.2) is 30.5 Å². The first-order chi connectivity index (χ1) is 7.41. The topological polar surface area (TPSA) is 48.0 Å². The summed E-state index contributed by atoms with van der Waals surface area (Å²) in [7, 11) is 0. The summed E-state index contributed by atoms with van der Waals surface area (Å²) in [6.07, 6.45) is -3.90. The van der Waals surface area contributed by atoms with Crippen molar-refractivity contribution in [2.75, 3.05) is 5.84 Å². The predicted molar refractivity (Wildman–Crippen MR) is 52.5 cm³/mol. The van der Waals surface area contributed by atoms with E-state index >= 15 is 0 Å². The lowest BCUT2D eigenvalue weighted by Crippen LogP contribution is -2.22. The zero-order chi connectivity index (χ0) is 11.9. The molecule has 0 aliphatic carbocycles. The van der Waals surface area contributed by atoms with Gasteiger partial charge in [0.2, 0.25) is 0 Å². The van der Waals surface area contributed by atoms with Gasteiger partial charge in [-0.2, -0.15) is 13.2 Å². The molecule has 0 amide bonds. The number of para-hydroxylation sites is 1. The van der Waals surface area contributed by atoms with Crippen LogP contribution in [0.1, 0.15) is 10.4 Å². The van der Waals surface area contributed by atoms with Crippen molar-refractivity contribution in [3.63, 3.8) is 0 Å². The number of rotatable bonds is 1. The van der Waals surface area contributed by atoms with E-state index in [4.69, 9.17) is 5.84 Å². The van der Waals surface area contributed by atoms with Crippen LogP contribution in [0.2, 0.25) is 0 Å². The van der Waals surface area contributed by atoms with E-state index in [2.05, 4.69) is 0 Å². The number of benzene rings is 1. The third kappa shape index (κ3) is 1.52. The van der Waals surface area contributed by atoms with Crippen molar-refractivity contribution in [1.82, 2.24) is 4.68 Å². The lowest BCUT2D eigenvalue weighted by Gasteiger charge is -2.02. The minimum atomic E-state index is -4.88. The van der Waals surface area contributed by atoms with Crippen molar-refractivity contribution < 1.29 is 18.0 Å². The molecule has 0 fully saturated rings. The summed E-state index contributed by atoms with van der Waals surface area (Å²) in [6, 6.07) is 6.16. The first-order valence-corrected chi connectivity index (χ1v) is 4.38. The average molecular weight is 228 g/mol. The molecule has 0 spiro atoms. The SMILES string of the molecule is Nn1cc(C(=O)C(F)(F)F)c2ccccc21. The second-order valence-electron chi connectivity index (χ2n) is 3.29. The Kier molecular flexibility index (Phi) is 2.15. The van der Waals surface area contributed by atoms with E-state index in [1.807, 2.05) is 0 Å². The van der Waals surface area contributed by atoms with E-state index in [0.29, 0.717) is 5.52 Å². The van der Waals surface area contributed by atoms with Crippen molar-refractivity contribution in [3.05, 3.63) is 36.0 Å². The minimum absolute atomic E-state index is 0.201. The molecule has 1 aromatic carbocycles. The summed E-state index contributed by atoms with van der Waals surface area (Å²) in [6.45, 7) is 0. The molecule has 2 rings (SSSR count). The second-order valence-corrected chi connectivity index (χ2v) is 3.29. The summed E-state index contributed by atoms with van der Waals surface area (Å²) in [5.74, 6) is 3.57. The van der Waals surface area contributed by atoms with Gasteiger partial charge < -0.3 is 5.84 Å². The zero-order valence-electron chi connectivity index (χ0n) is 7.95. The molecule has 16 heavy (non-hydrogen) atoms. The molecule has 0 atom stereocenters. The van der Waals surface area contributed by atoms with Gasteiger partial charge in [-0.15, -0.1) is 0 Å². The number of aromatic nitrogens is 1. The van der Waals surface area contributed by atoms with Gasteiger partial charge in [0.15, 0.2) is 0 Å². The highest BCUT2D eigenvalue weighted by Crippen LogP contribution is 2.27. The maximum Gasteiger partial charge on any atom is 0.454 e. The zero-order valence-corrected chi connectivity index (χ0v) is 7.95. The first-order valence-electron chi connectivity index (χ1n) is 4.38. The van der Waals surface area contributed by atoms with E-state index in [1.54, 1.807) is 18.2 Å². The van der Waals surface area contributed by atoms with Gasteiger partial charge in [-0.3, -0.25) is 9.47 Å². The van der Waals surface area contributed by atoms with Crippen molar-refractivity contribution in [3.8, 4) is 0 Å². The molecular formula is C10H7F3N2O. The highest BCUT2D eigenvalue weighted by Gasteiger charge is 2.40. The fourth-order valence-corrected chi connectivity index (χ4v) is 1.54. The van der Waals surface area contributed by atoms with Gasteiger partial charge in [0, 0.05) is 11.6 Å². The van der Waals surface area contributed by atoms with E-state index in [9.17, 15) is 18.0 Å². The van der Waals surface area contributed by atoms with Gasteiger partial charge in [-0.05, 0) is 6.07 Å². The van der Waals surface area contributed by atoms with Crippen LogP contribution in [0.3, 0.4) is 0 Å². The molecule has 0 saturated heterocycles. The van der Waals surface area contributed by atoms with Gasteiger partial charge in [0.25, 0.3) is 5.78 Å². The molecule has 0 unspecified atom stereocenters. The molecule has 1 aromatic heterocycles. The molecule has 2 N–H and O–H groups in total. The summed E-state index contributed by atoms with van der Waals surface area (Å²) in [4.78, 5) is 11.1. The van der Waals surface area contributed by atoms with E-state index in [0.717, 1.165) is 10.9 Å². The monoisotopic (exact) mass is 228 g/mol. The predicted octanol–water partition coefficient (Wildman–Crippen LogP) is 2.10. The van der Waals surface area contributed by atoms with Crippen molar-refractivity contribution in [2.24, 2.45) is 0 Å². The molecule has 2 aromatic rings. The van der Waals surface area contributed by atoms with Crippen LogP contribution < -0.4 is 5.84 Å². The number of nitrogens with two attached hydrogens (primary N) is 1. The third-order valence-corrected chi connectivity index (χ3v) is 2.24. The van der Waals surface area contributed by atoms with Crippen LogP contribution in [0, 0.1) is 0 Å². The van der Waals surface area contributed by atoms with Gasteiger partial charge in [-0.25, -0.2) is 0 Å². The summed E-state index contributed by atoms with van der Waals surface area (Å²) < 4.78 is 37.8. The quantitative estimate of drug-likeness (QED) is 0.600. The molecule has 0 saturated carbocycles. The van der Waals surface area contributed by atoms with Gasteiger partial charge in [0.1, 0.15) is 0 Å². The first kappa shape index (κ1) is 10.5. The standard InChI is InChI=1S/C10H7F3N2O/c11-10(12,13)9(16)7-5-15(14)8-4-2-1-3-6(7)8/h1-5H,14H2. The average Bonchev–Trinajstić information content (AvgIpc) is 2.55. The van der Waals surface area contributed by atoms with Crippen molar-refractivity contribution in [1.29, 1.82) is 0 Å². The van der Waals surface area contributed by atoms with Crippen LogP contribution in [0.25, 0.3) is 10.9 Å². The highest BCUT2D eigenvalue weighted by atomic mass is 19.4. The molecule has 6 heteroatoms. The molecule has 0 aliphatic rings. The molecule has 84 valence electrons. The van der Waals surface area contributed by atoms with Crippen LogP contribution in [-0.2, 0) is 0 Å². The highest BCUT2D eigenvalue weighted by molar-refractivity contribution is 6.10. The number of hydrogen-bond donors (Lipinski definition) is 1. The van der Waals surface area contributed by atoms with Crippen LogP contribution in [-0.4, -0.2) is 16.6 Å². The molecule has 0 bridgehead atoms. The van der Waals surface area contributed by atoms with E-state index in [-0.39, 0.29) is 5.39 Å². The Morgan fingerprint density at radius 2 is 1.88 bits per heavy atom. The number of alkyl halides is 3. The Balaban J connectivity index is 2.67. The maximum atomic E-state index is 12.3. The lowest BCUT2D eigenvalue weighted by atomic mass is 10.1. The largest absolute Gasteiger partial charge is 0.454 e. The fraction of sp³-hybridized carbons (Fsp3) is 0.100. The number of carbonyl (C=O) groups excluding carboxylic acids is 1. The molecule has 0 aliphatic heterocycles. The Morgan fingerprint density at radius 3 is 2.50 bits per heavy atom. The van der Waals surface area contributed by atoms with E-state index < -0.39 is 17.5 Å². The molecule has 3 nitrogen and oxygen atoms in total. The lowest BCUT2D eigenvalue weighted by molar-refractivity contribution is -0.0884. The number of nitrogen functional groups attached to an aromatic ring is 1. The fourth-order valence-electron chi connectivity index (χ4n) is 1.54. The number of ketones is 1. The van der Waals surface area contributed by atoms with Crippen LogP contribution >= 0.6 is 0 Å². The summed E-state index contributed by atoms with van der Waals surface area (Å²) in [5, 5.41) is 0.201. The van der Waals surface area contributed by atoms with Crippen LogP contribution in [0.4, 0.5) is 13.2 Å². The number of hydrogen-bond acceptors (Lipinski definition) is 2. The Bertz CT molecular complexity index is 557. The number of halogens is 3. The molecule has 0 radical (unpaired) electrons. The number of Topliss-reactive ketones (excluding diaryl/α,β-unsaturated/α-hetero) is 1. The van der Waals surface area contributed by atoms with Gasteiger partial charge in [-0.1, -0.05) is 18.2 Å². The second kappa shape index (κ2) is 3.26. The van der Waals surface area contributed by atoms with Crippen molar-refractivity contribution in [2.45, 2.75) is 6.18 Å². The Morgan fingerprint density at radius 1 is 1.25 bits per heavy atom. The van der Waals surface area contributed by atoms with Gasteiger partial charge in [0.05, 0.1) is 11.1 Å². The Labute approximate surface area is 88.2 Å².